The van der Waals surface area contributed by atoms with Gasteiger partial charge in [0.05, 0.1) is 28.1 Å². The largest absolute Gasteiger partial charge is 0.370 e. The van der Waals surface area contributed by atoms with Gasteiger partial charge in [0.2, 0.25) is 0 Å². The van der Waals surface area contributed by atoms with Gasteiger partial charge in [-0.25, -0.2) is 4.98 Å². The molecular weight excluding hydrogens is 330 g/mol. The third-order valence-electron chi connectivity index (χ3n) is 4.87. The molecule has 2 aromatic rings. The van der Waals surface area contributed by atoms with Crippen molar-refractivity contribution in [3.8, 4) is 6.07 Å². The van der Waals surface area contributed by atoms with E-state index in [1.54, 1.807) is 11.3 Å². The third-order valence-corrected chi connectivity index (χ3v) is 5.79. The van der Waals surface area contributed by atoms with E-state index < -0.39 is 0 Å². The number of nitriles is 1. The molecule has 132 valence electrons. The van der Waals surface area contributed by atoms with Gasteiger partial charge in [0, 0.05) is 36.8 Å². The average molecular weight is 356 g/mol. The van der Waals surface area contributed by atoms with Gasteiger partial charge in [0.25, 0.3) is 0 Å². The molecule has 2 aromatic heterocycles. The summed E-state index contributed by atoms with van der Waals surface area (Å²) in [7, 11) is 2.18. The Hall–Kier alpha value is -1.97. The van der Waals surface area contributed by atoms with Gasteiger partial charge in [-0.2, -0.15) is 5.26 Å². The van der Waals surface area contributed by atoms with Gasteiger partial charge in [-0.3, -0.25) is 4.98 Å². The second-order valence-electron chi connectivity index (χ2n) is 7.01. The molecule has 0 bridgehead atoms. The van der Waals surface area contributed by atoms with E-state index in [-0.39, 0.29) is 0 Å². The van der Waals surface area contributed by atoms with Crippen LogP contribution in [-0.4, -0.2) is 41.5 Å². The highest BCUT2D eigenvalue weighted by molar-refractivity contribution is 7.09. The van der Waals surface area contributed by atoms with Gasteiger partial charge in [-0.1, -0.05) is 0 Å². The molecule has 1 saturated heterocycles. The smallest absolute Gasteiger partial charge is 0.103 e. The molecule has 0 saturated carbocycles. The summed E-state index contributed by atoms with van der Waals surface area (Å²) in [5.41, 5.74) is 6.65. The second-order valence-corrected chi connectivity index (χ2v) is 7.95. The van der Waals surface area contributed by atoms with Crippen molar-refractivity contribution >= 4 is 17.0 Å². The molecule has 3 rings (SSSR count). The highest BCUT2D eigenvalue weighted by Gasteiger charge is 2.26. The summed E-state index contributed by atoms with van der Waals surface area (Å²) < 4.78 is 0. The zero-order valence-corrected chi connectivity index (χ0v) is 16.2. The Labute approximate surface area is 153 Å². The van der Waals surface area contributed by atoms with E-state index >= 15 is 0 Å². The number of hydrogen-bond acceptors (Lipinski definition) is 6. The number of aryl methyl sites for hydroxylation is 3. The first-order chi connectivity index (χ1) is 12.0. The molecule has 6 heteroatoms. The monoisotopic (exact) mass is 355 g/mol. The van der Waals surface area contributed by atoms with E-state index in [4.69, 9.17) is 0 Å². The van der Waals surface area contributed by atoms with Crippen molar-refractivity contribution in [3.63, 3.8) is 0 Å². The van der Waals surface area contributed by atoms with Crippen molar-refractivity contribution in [3.05, 3.63) is 39.1 Å². The Morgan fingerprint density at radius 2 is 2.16 bits per heavy atom. The highest BCUT2D eigenvalue weighted by Crippen LogP contribution is 2.29. The van der Waals surface area contributed by atoms with Crippen molar-refractivity contribution in [1.29, 1.82) is 5.26 Å². The van der Waals surface area contributed by atoms with E-state index in [1.165, 1.54) is 4.88 Å². The van der Waals surface area contributed by atoms with Crippen molar-refractivity contribution in [2.24, 2.45) is 5.92 Å². The maximum absolute atomic E-state index is 9.50. The number of thiazole rings is 1. The van der Waals surface area contributed by atoms with Crippen LogP contribution in [0.2, 0.25) is 0 Å². The van der Waals surface area contributed by atoms with Crippen molar-refractivity contribution < 1.29 is 0 Å². The van der Waals surface area contributed by atoms with Crippen LogP contribution < -0.4 is 4.90 Å². The minimum Gasteiger partial charge on any atom is -0.370 e. The number of nitrogens with zero attached hydrogens (tertiary/aromatic N) is 5. The normalized spacial score (nSPS) is 17.3. The van der Waals surface area contributed by atoms with Gasteiger partial charge >= 0.3 is 0 Å². The van der Waals surface area contributed by atoms with Gasteiger partial charge in [0.1, 0.15) is 6.07 Å². The lowest BCUT2D eigenvalue weighted by molar-refractivity contribution is 0.281. The van der Waals surface area contributed by atoms with Crippen LogP contribution in [0.5, 0.6) is 0 Å². The van der Waals surface area contributed by atoms with Gasteiger partial charge in [-0.05, 0) is 46.2 Å². The Morgan fingerprint density at radius 1 is 1.36 bits per heavy atom. The molecule has 1 atom stereocenters. The minimum atomic E-state index is 0.624. The van der Waals surface area contributed by atoms with Gasteiger partial charge in [-0.15, -0.1) is 11.3 Å². The first-order valence-electron chi connectivity index (χ1n) is 8.68. The quantitative estimate of drug-likeness (QED) is 0.824. The zero-order valence-electron chi connectivity index (χ0n) is 15.4. The van der Waals surface area contributed by atoms with E-state index in [0.29, 0.717) is 5.92 Å². The first-order valence-corrected chi connectivity index (χ1v) is 9.56. The lowest BCUT2D eigenvalue weighted by atomic mass is 10.1. The van der Waals surface area contributed by atoms with Gasteiger partial charge in [0.15, 0.2) is 0 Å². The fourth-order valence-electron chi connectivity index (χ4n) is 3.62. The van der Waals surface area contributed by atoms with E-state index in [0.717, 1.165) is 60.9 Å². The lowest BCUT2D eigenvalue weighted by Crippen LogP contribution is -2.28. The van der Waals surface area contributed by atoms with E-state index in [1.807, 2.05) is 19.4 Å². The molecule has 1 fully saturated rings. The van der Waals surface area contributed by atoms with Crippen LogP contribution in [0.15, 0.2) is 11.6 Å². The molecule has 25 heavy (non-hydrogen) atoms. The number of rotatable bonds is 5. The predicted molar refractivity (Wildman–Crippen MR) is 102 cm³/mol. The minimum absolute atomic E-state index is 0.624. The first kappa shape index (κ1) is 17.8. The molecule has 5 nitrogen and oxygen atoms in total. The molecule has 3 heterocycles. The maximum atomic E-state index is 9.50. The average Bonchev–Trinajstić information content (AvgIpc) is 3.16. The predicted octanol–water partition coefficient (Wildman–Crippen LogP) is 3.29. The summed E-state index contributed by atoms with van der Waals surface area (Å²) in [4.78, 5) is 14.9. The molecule has 0 radical (unpaired) electrons. The van der Waals surface area contributed by atoms with Crippen LogP contribution in [0.1, 0.15) is 33.9 Å². The Balaban J connectivity index is 1.64. The summed E-state index contributed by atoms with van der Waals surface area (Å²) >= 11 is 1.74. The molecule has 0 spiro atoms. The zero-order chi connectivity index (χ0) is 18.0. The van der Waals surface area contributed by atoms with E-state index in [2.05, 4.69) is 45.9 Å². The molecule has 1 unspecified atom stereocenters. The Morgan fingerprint density at radius 3 is 2.84 bits per heavy atom. The van der Waals surface area contributed by atoms with Crippen LogP contribution in [-0.2, 0) is 6.54 Å². The number of aromatic nitrogens is 2. The molecule has 0 aliphatic carbocycles. The van der Waals surface area contributed by atoms with Gasteiger partial charge < -0.3 is 9.80 Å². The molecule has 1 aliphatic heterocycles. The fourth-order valence-corrected chi connectivity index (χ4v) is 4.48. The molecular formula is C19H25N5S. The maximum Gasteiger partial charge on any atom is 0.103 e. The van der Waals surface area contributed by atoms with E-state index in [9.17, 15) is 5.26 Å². The van der Waals surface area contributed by atoms with Crippen LogP contribution in [0, 0.1) is 38.0 Å². The molecule has 0 N–H and O–H groups in total. The van der Waals surface area contributed by atoms with Crippen LogP contribution >= 0.6 is 11.3 Å². The standard InChI is InChI=1S/C19H25N5S/c1-13-7-18(17(8-20)14(2)22-13)24-6-5-16(10-24)9-23(4)11-19-15(3)21-12-25-19/h7,12,16H,5-6,9-11H2,1-4H3. The molecule has 0 amide bonds. The third kappa shape index (κ3) is 4.00. The molecule has 0 aromatic carbocycles. The fraction of sp³-hybridized carbons (Fsp3) is 0.526. The summed E-state index contributed by atoms with van der Waals surface area (Å²) in [6.45, 7) is 10.0. The highest BCUT2D eigenvalue weighted by atomic mass is 32.1. The van der Waals surface area contributed by atoms with Crippen LogP contribution in [0.3, 0.4) is 0 Å². The Bertz CT molecular complexity index is 792. The second kappa shape index (κ2) is 7.51. The SMILES string of the molecule is Cc1cc(N2CCC(CN(C)Cc3scnc3C)C2)c(C#N)c(C)n1. The summed E-state index contributed by atoms with van der Waals surface area (Å²) in [5, 5.41) is 9.50. The molecule has 1 aliphatic rings. The van der Waals surface area contributed by atoms with Crippen LogP contribution in [0.4, 0.5) is 5.69 Å². The topological polar surface area (TPSA) is 56.0 Å². The van der Waals surface area contributed by atoms with Crippen LogP contribution in [0.25, 0.3) is 0 Å². The van der Waals surface area contributed by atoms with Crippen molar-refractivity contribution in [1.82, 2.24) is 14.9 Å². The number of anilines is 1. The summed E-state index contributed by atoms with van der Waals surface area (Å²) in [6, 6.07) is 4.39. The number of pyridine rings is 1. The van der Waals surface area contributed by atoms with Crippen molar-refractivity contribution in [2.45, 2.75) is 33.7 Å². The Kier molecular flexibility index (Phi) is 5.36. The number of hydrogen-bond donors (Lipinski definition) is 0. The van der Waals surface area contributed by atoms with Crippen molar-refractivity contribution in [2.75, 3.05) is 31.6 Å². The summed E-state index contributed by atoms with van der Waals surface area (Å²) in [6.07, 6.45) is 1.16. The lowest BCUT2D eigenvalue weighted by Gasteiger charge is -2.23. The summed E-state index contributed by atoms with van der Waals surface area (Å²) in [5.74, 6) is 0.624.